The van der Waals surface area contributed by atoms with Crippen LogP contribution in [0.2, 0.25) is 0 Å². The molecular formula is C22H18N2O4S. The van der Waals surface area contributed by atoms with E-state index in [1.807, 2.05) is 60.7 Å². The van der Waals surface area contributed by atoms with Gasteiger partial charge in [0.05, 0.1) is 4.90 Å². The van der Waals surface area contributed by atoms with Gasteiger partial charge in [-0.15, -0.1) is 0 Å². The molecule has 7 heteroatoms. The van der Waals surface area contributed by atoms with Gasteiger partial charge in [0.1, 0.15) is 11.4 Å². The molecule has 0 bridgehead atoms. The normalized spacial score (nSPS) is 11.3. The van der Waals surface area contributed by atoms with E-state index < -0.39 is 10.0 Å². The van der Waals surface area contributed by atoms with Crippen LogP contribution in [0.15, 0.2) is 94.2 Å². The number of nitrogens with zero attached hydrogens (tertiary/aromatic N) is 1. The molecule has 0 spiro atoms. The number of benzene rings is 3. The lowest BCUT2D eigenvalue weighted by molar-refractivity contribution is 0.264. The first-order valence-electron chi connectivity index (χ1n) is 8.87. The van der Waals surface area contributed by atoms with E-state index in [9.17, 15) is 8.42 Å². The largest absolute Gasteiger partial charge is 0.484 e. The summed E-state index contributed by atoms with van der Waals surface area (Å²) in [6.07, 6.45) is 0. The van der Waals surface area contributed by atoms with Crippen molar-refractivity contribution in [3.05, 3.63) is 90.8 Å². The van der Waals surface area contributed by atoms with Crippen molar-refractivity contribution in [3.8, 4) is 28.3 Å². The molecule has 1 heterocycles. The molecule has 0 saturated heterocycles. The van der Waals surface area contributed by atoms with Crippen LogP contribution in [0.5, 0.6) is 5.75 Å². The predicted molar refractivity (Wildman–Crippen MR) is 110 cm³/mol. The number of hydrogen-bond donors (Lipinski definition) is 1. The van der Waals surface area contributed by atoms with Gasteiger partial charge in [0, 0.05) is 11.1 Å². The number of rotatable bonds is 6. The first-order chi connectivity index (χ1) is 14.0. The summed E-state index contributed by atoms with van der Waals surface area (Å²) in [5.74, 6) is 1.46. The summed E-state index contributed by atoms with van der Waals surface area (Å²) < 4.78 is 35.9. The molecule has 6 nitrogen and oxygen atoms in total. The molecule has 1 aromatic heterocycles. The number of oxazole rings is 1. The first-order valence-corrected chi connectivity index (χ1v) is 10.4. The van der Waals surface area contributed by atoms with Crippen LogP contribution in [0.25, 0.3) is 22.6 Å². The van der Waals surface area contributed by atoms with Gasteiger partial charge in [-0.1, -0.05) is 66.7 Å². The maximum Gasteiger partial charge on any atom is 0.238 e. The zero-order valence-corrected chi connectivity index (χ0v) is 16.2. The summed E-state index contributed by atoms with van der Waals surface area (Å²) >= 11 is 0. The molecule has 4 aromatic rings. The quantitative estimate of drug-likeness (QED) is 0.517. The molecule has 0 atom stereocenters. The molecule has 0 fully saturated rings. The van der Waals surface area contributed by atoms with Gasteiger partial charge < -0.3 is 9.15 Å². The maximum absolute atomic E-state index is 12.1. The fourth-order valence-corrected chi connectivity index (χ4v) is 3.71. The molecule has 3 aromatic carbocycles. The summed E-state index contributed by atoms with van der Waals surface area (Å²) in [5.41, 5.74) is 1.54. The van der Waals surface area contributed by atoms with Gasteiger partial charge in [0.15, 0.2) is 12.4 Å². The third-order valence-electron chi connectivity index (χ3n) is 4.26. The van der Waals surface area contributed by atoms with Gasteiger partial charge >= 0.3 is 0 Å². The lowest BCUT2D eigenvalue weighted by Crippen LogP contribution is -2.13. The summed E-state index contributed by atoms with van der Waals surface area (Å²) in [6, 6.07) is 25.1. The second-order valence-electron chi connectivity index (χ2n) is 6.29. The molecule has 0 aliphatic carbocycles. The lowest BCUT2D eigenvalue weighted by Gasteiger charge is -2.06. The third kappa shape index (κ3) is 4.21. The number of aromatic nitrogens is 1. The van der Waals surface area contributed by atoms with Crippen LogP contribution in [0, 0.1) is 0 Å². The number of hydrogen-bond acceptors (Lipinski definition) is 5. The van der Waals surface area contributed by atoms with Crippen LogP contribution in [0.4, 0.5) is 0 Å². The van der Waals surface area contributed by atoms with Crippen molar-refractivity contribution >= 4 is 10.0 Å². The van der Waals surface area contributed by atoms with Crippen LogP contribution in [0.1, 0.15) is 5.89 Å². The van der Waals surface area contributed by atoms with Gasteiger partial charge in [-0.05, 0) is 18.2 Å². The summed E-state index contributed by atoms with van der Waals surface area (Å²) in [7, 11) is -3.94. The Hall–Kier alpha value is -3.42. The van der Waals surface area contributed by atoms with E-state index in [1.165, 1.54) is 6.07 Å². The smallest absolute Gasteiger partial charge is 0.238 e. The highest BCUT2D eigenvalue weighted by atomic mass is 32.2. The Bertz CT molecular complexity index is 1220. The van der Waals surface area contributed by atoms with Crippen LogP contribution >= 0.6 is 0 Å². The SMILES string of the molecule is NS(=O)(=O)c1ccccc1-c1nc(COc2ccccc2)oc1-c1ccccc1. The molecule has 29 heavy (non-hydrogen) atoms. The Morgan fingerprint density at radius 3 is 2.17 bits per heavy atom. The van der Waals surface area contributed by atoms with E-state index in [4.69, 9.17) is 14.3 Å². The van der Waals surface area contributed by atoms with Gasteiger partial charge in [-0.2, -0.15) is 0 Å². The monoisotopic (exact) mass is 406 g/mol. The zero-order valence-electron chi connectivity index (χ0n) is 15.4. The van der Waals surface area contributed by atoms with Crippen molar-refractivity contribution in [3.63, 3.8) is 0 Å². The maximum atomic E-state index is 12.1. The Kier molecular flexibility index (Phi) is 5.16. The minimum Gasteiger partial charge on any atom is -0.484 e. The number of para-hydroxylation sites is 1. The highest BCUT2D eigenvalue weighted by Crippen LogP contribution is 2.35. The Morgan fingerprint density at radius 2 is 1.48 bits per heavy atom. The highest BCUT2D eigenvalue weighted by Gasteiger charge is 2.23. The first kappa shape index (κ1) is 18.9. The second kappa shape index (κ2) is 7.90. The van der Waals surface area contributed by atoms with Crippen molar-refractivity contribution in [1.29, 1.82) is 0 Å². The van der Waals surface area contributed by atoms with Gasteiger partial charge in [0.2, 0.25) is 15.9 Å². The van der Waals surface area contributed by atoms with E-state index >= 15 is 0 Å². The molecule has 4 rings (SSSR count). The molecule has 146 valence electrons. The average Bonchev–Trinajstić information content (AvgIpc) is 3.17. The minimum atomic E-state index is -3.94. The number of ether oxygens (including phenoxy) is 1. The van der Waals surface area contributed by atoms with Crippen molar-refractivity contribution in [2.45, 2.75) is 11.5 Å². The number of primary sulfonamides is 1. The molecule has 0 radical (unpaired) electrons. The van der Waals surface area contributed by atoms with E-state index in [0.717, 1.165) is 5.56 Å². The third-order valence-corrected chi connectivity index (χ3v) is 5.23. The van der Waals surface area contributed by atoms with Crippen molar-refractivity contribution in [2.75, 3.05) is 0 Å². The standard InChI is InChI=1S/C22H18N2O4S/c23-29(25,26)19-14-8-7-13-18(19)21-22(16-9-3-1-4-10-16)28-20(24-21)15-27-17-11-5-2-6-12-17/h1-14H,15H2,(H2,23,25,26). The lowest BCUT2D eigenvalue weighted by atomic mass is 10.1. The van der Waals surface area contributed by atoms with Crippen molar-refractivity contribution < 1.29 is 17.6 Å². The van der Waals surface area contributed by atoms with E-state index in [1.54, 1.807) is 18.2 Å². The van der Waals surface area contributed by atoms with Gasteiger partial charge in [-0.3, -0.25) is 0 Å². The molecule has 0 amide bonds. The summed E-state index contributed by atoms with van der Waals surface area (Å²) in [5, 5.41) is 5.41. The van der Waals surface area contributed by atoms with Gasteiger partial charge in [0.25, 0.3) is 0 Å². The van der Waals surface area contributed by atoms with Crippen LogP contribution in [-0.2, 0) is 16.6 Å². The Labute approximate surface area is 168 Å². The molecule has 0 aliphatic heterocycles. The van der Waals surface area contributed by atoms with E-state index in [0.29, 0.717) is 28.7 Å². The number of sulfonamides is 1. The number of nitrogens with two attached hydrogens (primary N) is 1. The predicted octanol–water partition coefficient (Wildman–Crippen LogP) is 4.24. The molecule has 0 unspecified atom stereocenters. The van der Waals surface area contributed by atoms with Crippen molar-refractivity contribution in [1.82, 2.24) is 4.98 Å². The fourth-order valence-electron chi connectivity index (χ4n) is 2.97. The molecule has 0 aliphatic rings. The molecular weight excluding hydrogens is 388 g/mol. The van der Waals surface area contributed by atoms with Gasteiger partial charge in [-0.25, -0.2) is 18.5 Å². The Balaban J connectivity index is 1.80. The van der Waals surface area contributed by atoms with Crippen LogP contribution < -0.4 is 9.88 Å². The van der Waals surface area contributed by atoms with Crippen LogP contribution in [-0.4, -0.2) is 13.4 Å². The fraction of sp³-hybridized carbons (Fsp3) is 0.0455. The molecule has 0 saturated carbocycles. The van der Waals surface area contributed by atoms with E-state index in [2.05, 4.69) is 4.98 Å². The highest BCUT2D eigenvalue weighted by molar-refractivity contribution is 7.89. The topological polar surface area (TPSA) is 95.4 Å². The minimum absolute atomic E-state index is 0.0130. The average molecular weight is 406 g/mol. The zero-order chi connectivity index (χ0) is 20.3. The van der Waals surface area contributed by atoms with Crippen molar-refractivity contribution in [2.24, 2.45) is 5.14 Å². The summed E-state index contributed by atoms with van der Waals surface area (Å²) in [4.78, 5) is 4.52. The second-order valence-corrected chi connectivity index (χ2v) is 7.82. The Morgan fingerprint density at radius 1 is 0.862 bits per heavy atom. The molecule has 2 N–H and O–H groups in total. The van der Waals surface area contributed by atoms with E-state index in [-0.39, 0.29) is 11.5 Å². The van der Waals surface area contributed by atoms with Crippen LogP contribution in [0.3, 0.4) is 0 Å². The summed E-state index contributed by atoms with van der Waals surface area (Å²) in [6.45, 7) is 0.0986.